The summed E-state index contributed by atoms with van der Waals surface area (Å²) in [7, 11) is 3.22. The van der Waals surface area contributed by atoms with Crippen molar-refractivity contribution in [2.24, 2.45) is 0 Å². The van der Waals surface area contributed by atoms with E-state index in [0.29, 0.717) is 26.3 Å². The van der Waals surface area contributed by atoms with Crippen LogP contribution in [-0.4, -0.2) is 51.3 Å². The highest BCUT2D eigenvalue weighted by Gasteiger charge is 2.19. The van der Waals surface area contributed by atoms with E-state index in [1.165, 1.54) is 0 Å². The van der Waals surface area contributed by atoms with E-state index >= 15 is 0 Å². The number of rotatable bonds is 11. The Balaban J connectivity index is 2.24. The maximum absolute atomic E-state index is 12.9. The minimum atomic E-state index is -0.426. The Kier molecular flexibility index (Phi) is 9.43. The van der Waals surface area contributed by atoms with Crippen LogP contribution < -0.4 is 5.32 Å². The lowest BCUT2D eigenvalue weighted by Crippen LogP contribution is -2.32. The normalized spacial score (nSPS) is 11.2. The summed E-state index contributed by atoms with van der Waals surface area (Å²) in [6.45, 7) is 2.08. The molecule has 152 valence electrons. The number of nitrogens with one attached hydrogen (secondary N) is 1. The van der Waals surface area contributed by atoms with Crippen LogP contribution in [0.1, 0.15) is 17.2 Å². The molecule has 0 aromatic heterocycles. The van der Waals surface area contributed by atoms with Crippen molar-refractivity contribution in [2.75, 3.05) is 40.5 Å². The van der Waals surface area contributed by atoms with Gasteiger partial charge in [0.1, 0.15) is 11.6 Å². The molecule has 0 aliphatic rings. The molecule has 0 radical (unpaired) electrons. The molecule has 0 heterocycles. The fraction of sp³-hybridized carbons (Fsp3) is 0.304. The first-order valence-corrected chi connectivity index (χ1v) is 9.44. The highest BCUT2D eigenvalue weighted by Crippen LogP contribution is 2.22. The van der Waals surface area contributed by atoms with Crippen LogP contribution in [0.25, 0.3) is 0 Å². The summed E-state index contributed by atoms with van der Waals surface area (Å²) >= 11 is 0. The number of hydrogen-bond donors (Lipinski definition) is 1. The number of carbonyl (C=O) groups excluding carboxylic acids is 1. The fourth-order valence-corrected chi connectivity index (χ4v) is 2.84. The molecule has 29 heavy (non-hydrogen) atoms. The van der Waals surface area contributed by atoms with E-state index in [2.05, 4.69) is 5.32 Å². The Morgan fingerprint density at radius 3 is 1.90 bits per heavy atom. The number of benzene rings is 2. The molecule has 1 amide bonds. The number of carbonyl (C=O) groups is 1. The summed E-state index contributed by atoms with van der Waals surface area (Å²) in [6, 6.07) is 21.0. The largest absolute Gasteiger partial charge is 0.383 e. The lowest BCUT2D eigenvalue weighted by atomic mass is 9.98. The SMILES string of the molecule is COCCN(/C=C(/C#N)C(=O)NC(c1ccccc1)c1ccccc1)CCOC. The van der Waals surface area contributed by atoms with E-state index in [9.17, 15) is 10.1 Å². The van der Waals surface area contributed by atoms with Gasteiger partial charge in [0.25, 0.3) is 5.91 Å². The minimum absolute atomic E-state index is 0.0362. The number of methoxy groups -OCH3 is 2. The molecule has 2 rings (SSSR count). The number of nitrogens with zero attached hydrogens (tertiary/aromatic N) is 2. The zero-order valence-corrected chi connectivity index (χ0v) is 16.9. The molecule has 1 N–H and O–H groups in total. The maximum Gasteiger partial charge on any atom is 0.264 e. The molecular weight excluding hydrogens is 366 g/mol. The molecule has 0 fully saturated rings. The molecule has 0 spiro atoms. The highest BCUT2D eigenvalue weighted by molar-refractivity contribution is 5.97. The van der Waals surface area contributed by atoms with Crippen molar-refractivity contribution < 1.29 is 14.3 Å². The quantitative estimate of drug-likeness (QED) is 0.469. The topological polar surface area (TPSA) is 74.6 Å². The zero-order valence-electron chi connectivity index (χ0n) is 16.9. The van der Waals surface area contributed by atoms with Gasteiger partial charge in [-0.15, -0.1) is 0 Å². The van der Waals surface area contributed by atoms with Gasteiger partial charge in [0.05, 0.1) is 19.3 Å². The van der Waals surface area contributed by atoms with Crippen molar-refractivity contribution >= 4 is 5.91 Å². The standard InChI is InChI=1S/C23H27N3O3/c1-28-15-13-26(14-16-29-2)18-21(17-24)23(27)25-22(19-9-5-3-6-10-19)20-11-7-4-8-12-20/h3-12,18,22H,13-16H2,1-2H3,(H,25,27)/b21-18-. The number of nitriles is 1. The van der Waals surface area contributed by atoms with Gasteiger partial charge in [-0.2, -0.15) is 5.26 Å². The van der Waals surface area contributed by atoms with Crippen LogP contribution in [0.4, 0.5) is 0 Å². The smallest absolute Gasteiger partial charge is 0.264 e. The predicted octanol–water partition coefficient (Wildman–Crippen LogP) is 2.89. The van der Waals surface area contributed by atoms with Crippen molar-refractivity contribution in [1.82, 2.24) is 10.2 Å². The number of hydrogen-bond acceptors (Lipinski definition) is 5. The van der Waals surface area contributed by atoms with Crippen molar-refractivity contribution in [3.63, 3.8) is 0 Å². The van der Waals surface area contributed by atoms with Crippen LogP contribution >= 0.6 is 0 Å². The Labute approximate surface area is 172 Å². The van der Waals surface area contributed by atoms with Gasteiger partial charge in [-0.1, -0.05) is 60.7 Å². The van der Waals surface area contributed by atoms with Crippen molar-refractivity contribution in [3.05, 3.63) is 83.6 Å². The molecule has 6 heteroatoms. The first-order chi connectivity index (χ1) is 14.2. The lowest BCUT2D eigenvalue weighted by Gasteiger charge is -2.22. The van der Waals surface area contributed by atoms with Crippen LogP contribution in [0.2, 0.25) is 0 Å². The Morgan fingerprint density at radius 2 is 1.48 bits per heavy atom. The first-order valence-electron chi connectivity index (χ1n) is 9.44. The van der Waals surface area contributed by atoms with E-state index in [1.807, 2.05) is 71.6 Å². The molecule has 0 atom stereocenters. The Bertz CT molecular complexity index is 769. The third kappa shape index (κ3) is 7.07. The molecule has 2 aromatic rings. The van der Waals surface area contributed by atoms with E-state index < -0.39 is 5.91 Å². The van der Waals surface area contributed by atoms with Gasteiger partial charge in [-0.05, 0) is 11.1 Å². The van der Waals surface area contributed by atoms with Gasteiger partial charge in [0.2, 0.25) is 0 Å². The molecule has 0 saturated carbocycles. The van der Waals surface area contributed by atoms with Gasteiger partial charge in [0, 0.05) is 33.5 Å². The van der Waals surface area contributed by atoms with Gasteiger partial charge < -0.3 is 19.7 Å². The second-order valence-corrected chi connectivity index (χ2v) is 6.40. The van der Waals surface area contributed by atoms with Gasteiger partial charge in [-0.3, -0.25) is 4.79 Å². The zero-order chi connectivity index (χ0) is 20.9. The van der Waals surface area contributed by atoms with E-state index in [-0.39, 0.29) is 11.6 Å². The molecule has 6 nitrogen and oxygen atoms in total. The molecule has 2 aromatic carbocycles. The summed E-state index contributed by atoms with van der Waals surface area (Å²) in [6.07, 6.45) is 1.57. The summed E-state index contributed by atoms with van der Waals surface area (Å²) in [5.74, 6) is -0.426. The monoisotopic (exact) mass is 393 g/mol. The number of amides is 1. The third-order valence-electron chi connectivity index (χ3n) is 4.38. The summed E-state index contributed by atoms with van der Waals surface area (Å²) in [5.41, 5.74) is 1.92. The van der Waals surface area contributed by atoms with Crippen molar-refractivity contribution in [1.29, 1.82) is 5.26 Å². The van der Waals surface area contributed by atoms with Crippen LogP contribution in [0, 0.1) is 11.3 Å². The molecule has 0 unspecified atom stereocenters. The first kappa shape index (κ1) is 22.2. The molecule has 0 saturated heterocycles. The van der Waals surface area contributed by atoms with Crippen LogP contribution in [-0.2, 0) is 14.3 Å². The van der Waals surface area contributed by atoms with E-state index in [4.69, 9.17) is 9.47 Å². The van der Waals surface area contributed by atoms with Crippen molar-refractivity contribution in [3.8, 4) is 6.07 Å². The van der Waals surface area contributed by atoms with Crippen molar-refractivity contribution in [2.45, 2.75) is 6.04 Å². The van der Waals surface area contributed by atoms with Crippen LogP contribution in [0.15, 0.2) is 72.4 Å². The van der Waals surface area contributed by atoms with Gasteiger partial charge in [-0.25, -0.2) is 0 Å². The second kappa shape index (κ2) is 12.3. The van der Waals surface area contributed by atoms with Gasteiger partial charge in [0.15, 0.2) is 0 Å². The summed E-state index contributed by atoms with van der Waals surface area (Å²) < 4.78 is 10.2. The average molecular weight is 393 g/mol. The molecule has 0 aliphatic carbocycles. The van der Waals surface area contributed by atoms with Crippen LogP contribution in [0.3, 0.4) is 0 Å². The summed E-state index contributed by atoms with van der Waals surface area (Å²) in [5, 5.41) is 12.6. The Morgan fingerprint density at radius 1 is 1.00 bits per heavy atom. The second-order valence-electron chi connectivity index (χ2n) is 6.40. The lowest BCUT2D eigenvalue weighted by molar-refractivity contribution is -0.117. The van der Waals surface area contributed by atoms with Gasteiger partial charge >= 0.3 is 0 Å². The molecular formula is C23H27N3O3. The molecule has 0 aliphatic heterocycles. The van der Waals surface area contributed by atoms with Crippen LogP contribution in [0.5, 0.6) is 0 Å². The maximum atomic E-state index is 12.9. The average Bonchev–Trinajstić information content (AvgIpc) is 2.78. The third-order valence-corrected chi connectivity index (χ3v) is 4.38. The molecule has 0 bridgehead atoms. The van der Waals surface area contributed by atoms with E-state index in [0.717, 1.165) is 11.1 Å². The minimum Gasteiger partial charge on any atom is -0.383 e. The fourth-order valence-electron chi connectivity index (χ4n) is 2.84. The number of ether oxygens (including phenoxy) is 2. The predicted molar refractivity (Wildman–Crippen MR) is 112 cm³/mol. The summed E-state index contributed by atoms with van der Waals surface area (Å²) in [4.78, 5) is 14.8. The van der Waals surface area contributed by atoms with E-state index in [1.54, 1.807) is 20.4 Å². The Hall–Kier alpha value is -3.14. The highest BCUT2D eigenvalue weighted by atomic mass is 16.5.